The van der Waals surface area contributed by atoms with Gasteiger partial charge in [0.25, 0.3) is 0 Å². The van der Waals surface area contributed by atoms with Crippen LogP contribution in [-0.2, 0) is 26.2 Å². The summed E-state index contributed by atoms with van der Waals surface area (Å²) in [5.41, 5.74) is 2.57. The number of aliphatic hydroxyl groups is 2. The van der Waals surface area contributed by atoms with Crippen molar-refractivity contribution in [3.63, 3.8) is 0 Å². The van der Waals surface area contributed by atoms with Gasteiger partial charge in [0.2, 0.25) is 0 Å². The SMILES string of the molecule is COc1ccc2c3c1O[C@H]1C(=O)CC[C@H]4[C@@H](C2)N(C)CC[C@]314.O=C(O)[C@H](O)[C@@H](O)C(=O)O. The van der Waals surface area contributed by atoms with Crippen LogP contribution in [0, 0.1) is 5.92 Å². The van der Waals surface area contributed by atoms with Crippen molar-refractivity contribution in [1.82, 2.24) is 4.90 Å². The largest absolute Gasteiger partial charge is 0.493 e. The topological polar surface area (TPSA) is 154 Å². The maximum atomic E-state index is 12.6. The van der Waals surface area contributed by atoms with Gasteiger partial charge in [-0.1, -0.05) is 6.07 Å². The van der Waals surface area contributed by atoms with Crippen molar-refractivity contribution in [1.29, 1.82) is 0 Å². The number of methoxy groups -OCH3 is 1. The average molecular weight is 449 g/mol. The molecule has 174 valence electrons. The number of piperidine rings is 1. The summed E-state index contributed by atoms with van der Waals surface area (Å²) in [6, 6.07) is 4.73. The third-order valence-corrected chi connectivity index (χ3v) is 7.40. The van der Waals surface area contributed by atoms with Gasteiger partial charge in [-0.2, -0.15) is 0 Å². The van der Waals surface area contributed by atoms with Crippen molar-refractivity contribution in [2.24, 2.45) is 5.92 Å². The number of hydrogen-bond donors (Lipinski definition) is 4. The van der Waals surface area contributed by atoms with E-state index in [4.69, 9.17) is 29.9 Å². The van der Waals surface area contributed by atoms with Gasteiger partial charge in [0.15, 0.2) is 35.6 Å². The van der Waals surface area contributed by atoms with E-state index >= 15 is 0 Å². The van der Waals surface area contributed by atoms with Crippen LogP contribution >= 0.6 is 0 Å². The maximum absolute atomic E-state index is 12.6. The molecule has 1 saturated carbocycles. The van der Waals surface area contributed by atoms with E-state index in [1.54, 1.807) is 7.11 Å². The van der Waals surface area contributed by atoms with E-state index in [2.05, 4.69) is 18.0 Å². The molecule has 0 unspecified atom stereocenters. The number of ether oxygens (including phenoxy) is 2. The summed E-state index contributed by atoms with van der Waals surface area (Å²) in [7, 11) is 3.91. The van der Waals surface area contributed by atoms with Crippen molar-refractivity contribution in [2.75, 3.05) is 20.7 Å². The van der Waals surface area contributed by atoms with Crippen molar-refractivity contribution < 1.29 is 44.3 Å². The number of nitrogens with zero attached hydrogens (tertiary/aromatic N) is 1. The molecule has 0 amide bonds. The van der Waals surface area contributed by atoms with E-state index < -0.39 is 24.1 Å². The number of hydrogen-bond acceptors (Lipinski definition) is 8. The Balaban J connectivity index is 0.000000211. The number of benzene rings is 1. The minimum atomic E-state index is -2.27. The fourth-order valence-corrected chi connectivity index (χ4v) is 5.94. The average Bonchev–Trinajstić information content (AvgIpc) is 3.12. The Kier molecular flexibility index (Phi) is 5.64. The van der Waals surface area contributed by atoms with Crippen LogP contribution in [0.5, 0.6) is 11.5 Å². The Bertz CT molecular complexity index is 945. The van der Waals surface area contributed by atoms with E-state index in [1.165, 1.54) is 11.1 Å². The molecule has 2 aliphatic heterocycles. The lowest BCUT2D eigenvalue weighted by molar-refractivity contribution is -0.165. The van der Waals surface area contributed by atoms with E-state index in [0.717, 1.165) is 37.3 Å². The summed E-state index contributed by atoms with van der Waals surface area (Å²) in [5, 5.41) is 32.5. The molecule has 5 rings (SSSR count). The number of carbonyl (C=O) groups excluding carboxylic acids is 1. The number of rotatable bonds is 4. The van der Waals surface area contributed by atoms with Crippen LogP contribution in [0.25, 0.3) is 0 Å². The van der Waals surface area contributed by atoms with Gasteiger partial charge in [0, 0.05) is 23.4 Å². The van der Waals surface area contributed by atoms with Crippen molar-refractivity contribution in [2.45, 2.75) is 55.5 Å². The summed E-state index contributed by atoms with van der Waals surface area (Å²) in [5.74, 6) is -1.08. The quantitative estimate of drug-likeness (QED) is 0.486. The molecule has 4 N–H and O–H groups in total. The summed E-state index contributed by atoms with van der Waals surface area (Å²) in [6.07, 6.45) is -1.06. The van der Waals surface area contributed by atoms with Crippen LogP contribution in [0.15, 0.2) is 12.1 Å². The van der Waals surface area contributed by atoms with Crippen LogP contribution in [0.1, 0.15) is 30.4 Å². The van der Waals surface area contributed by atoms with Gasteiger partial charge in [-0.15, -0.1) is 0 Å². The second-order valence-electron chi connectivity index (χ2n) is 8.85. The zero-order valence-corrected chi connectivity index (χ0v) is 17.9. The number of carbonyl (C=O) groups is 3. The molecule has 2 bridgehead atoms. The van der Waals surface area contributed by atoms with Gasteiger partial charge >= 0.3 is 11.9 Å². The van der Waals surface area contributed by atoms with Gasteiger partial charge in [-0.25, -0.2) is 9.59 Å². The number of ketones is 1. The van der Waals surface area contributed by atoms with Crippen LogP contribution in [0.3, 0.4) is 0 Å². The molecule has 4 aliphatic rings. The maximum Gasteiger partial charge on any atom is 0.335 e. The van der Waals surface area contributed by atoms with Crippen molar-refractivity contribution in [3.05, 3.63) is 23.3 Å². The predicted molar refractivity (Wildman–Crippen MR) is 109 cm³/mol. The lowest BCUT2D eigenvalue weighted by atomic mass is 9.52. The summed E-state index contributed by atoms with van der Waals surface area (Å²) >= 11 is 0. The Morgan fingerprint density at radius 3 is 2.47 bits per heavy atom. The summed E-state index contributed by atoms with van der Waals surface area (Å²) in [4.78, 5) is 34.7. The molecule has 1 aromatic rings. The fourth-order valence-electron chi connectivity index (χ4n) is 5.94. The Morgan fingerprint density at radius 2 is 1.88 bits per heavy atom. The van der Waals surface area contributed by atoms with Crippen LogP contribution < -0.4 is 9.47 Å². The lowest BCUT2D eigenvalue weighted by Gasteiger charge is -2.57. The highest BCUT2D eigenvalue weighted by Gasteiger charge is 2.65. The predicted octanol–water partition coefficient (Wildman–Crippen LogP) is -0.189. The van der Waals surface area contributed by atoms with Gasteiger partial charge in [-0.05, 0) is 50.4 Å². The third-order valence-electron chi connectivity index (χ3n) is 7.40. The first-order valence-corrected chi connectivity index (χ1v) is 10.5. The second-order valence-corrected chi connectivity index (χ2v) is 8.85. The lowest BCUT2D eigenvalue weighted by Crippen LogP contribution is -2.65. The number of carboxylic acids is 2. The molecule has 6 atom stereocenters. The smallest absolute Gasteiger partial charge is 0.335 e. The van der Waals surface area contributed by atoms with Crippen LogP contribution in [0.4, 0.5) is 0 Å². The molecule has 1 saturated heterocycles. The van der Waals surface area contributed by atoms with E-state index in [0.29, 0.717) is 18.4 Å². The van der Waals surface area contributed by atoms with E-state index in [-0.39, 0.29) is 17.3 Å². The van der Waals surface area contributed by atoms with Crippen molar-refractivity contribution in [3.8, 4) is 11.5 Å². The molecule has 32 heavy (non-hydrogen) atoms. The summed E-state index contributed by atoms with van der Waals surface area (Å²) < 4.78 is 11.8. The first-order chi connectivity index (χ1) is 15.1. The molecule has 0 aromatic heterocycles. The standard InChI is InChI=1S/C18H21NO3.C4H6O6/c1-19-8-7-18-11-4-5-13(20)17(18)22-16-14(21-2)6-3-10(15(16)18)9-12(11)19;5-1(3(7)8)2(6)4(9)10/h3,6,11-12,17H,4-5,7-9H2,1-2H3;1-2,5-6H,(H,7,8)(H,9,10)/t11-,12+,17-,18-;1-,2-/m01/s1. The molecule has 10 nitrogen and oxygen atoms in total. The highest BCUT2D eigenvalue weighted by molar-refractivity contribution is 5.89. The highest BCUT2D eigenvalue weighted by atomic mass is 16.5. The van der Waals surface area contributed by atoms with Gasteiger partial charge in [0.05, 0.1) is 7.11 Å². The molecule has 1 aromatic carbocycles. The molecular formula is C22H27NO9. The zero-order valence-electron chi connectivity index (χ0n) is 17.9. The Morgan fingerprint density at radius 1 is 1.22 bits per heavy atom. The second kappa shape index (κ2) is 8.02. The third kappa shape index (κ3) is 3.16. The first-order valence-electron chi connectivity index (χ1n) is 10.5. The number of likely N-dealkylation sites (N-methyl/N-ethyl adjacent to an activating group) is 1. The number of likely N-dealkylation sites (tertiary alicyclic amines) is 1. The Hall–Kier alpha value is -2.69. The fraction of sp³-hybridized carbons (Fsp3) is 0.591. The number of carboxylic acid groups (broad SMARTS) is 2. The summed E-state index contributed by atoms with van der Waals surface area (Å²) in [6.45, 7) is 1.05. The first kappa shape index (κ1) is 22.5. The zero-order chi connectivity index (χ0) is 23.4. The molecular weight excluding hydrogens is 422 g/mol. The molecule has 2 fully saturated rings. The molecule has 2 heterocycles. The van der Waals surface area contributed by atoms with E-state index in [1.807, 2.05) is 6.07 Å². The van der Waals surface area contributed by atoms with Crippen LogP contribution in [-0.4, -0.2) is 88.1 Å². The molecule has 2 aliphatic carbocycles. The molecule has 0 radical (unpaired) electrons. The highest BCUT2D eigenvalue weighted by Crippen LogP contribution is 2.63. The van der Waals surface area contributed by atoms with Gasteiger partial charge < -0.3 is 34.8 Å². The molecule has 10 heteroatoms. The van der Waals surface area contributed by atoms with Crippen molar-refractivity contribution >= 4 is 17.7 Å². The number of aliphatic carboxylic acids is 2. The normalized spacial score (nSPS) is 31.4. The minimum absolute atomic E-state index is 0.0933. The van der Waals surface area contributed by atoms with Gasteiger partial charge in [0.1, 0.15) is 0 Å². The molecule has 1 spiro atoms. The Labute approximate surface area is 184 Å². The number of Topliss-reactive ketones (excluding diaryl/α,β-unsaturated/α-hetero) is 1. The van der Waals surface area contributed by atoms with E-state index in [9.17, 15) is 14.4 Å². The monoisotopic (exact) mass is 449 g/mol. The van der Waals surface area contributed by atoms with Gasteiger partial charge in [-0.3, -0.25) is 4.79 Å². The minimum Gasteiger partial charge on any atom is -0.493 e. The van der Waals surface area contributed by atoms with Crippen LogP contribution in [0.2, 0.25) is 0 Å². The number of aliphatic hydroxyl groups excluding tert-OH is 2.